The number of carbonyl (C=O) groups excluding carboxylic acids is 1. The third kappa shape index (κ3) is 3.18. The second kappa shape index (κ2) is 6.17. The van der Waals surface area contributed by atoms with Crippen molar-refractivity contribution in [1.82, 2.24) is 19.2 Å². The van der Waals surface area contributed by atoms with Crippen LogP contribution in [0.25, 0.3) is 0 Å². The monoisotopic (exact) mass is 303 g/mol. The fourth-order valence-electron chi connectivity index (χ4n) is 2.61. The van der Waals surface area contributed by atoms with Crippen LogP contribution in [0.4, 0.5) is 9.93 Å². The maximum Gasteiger partial charge on any atom is 0.324 e. The minimum absolute atomic E-state index is 0.0847. The lowest BCUT2D eigenvalue weighted by Gasteiger charge is -2.35. The Bertz CT molecular complexity index is 615. The number of anilines is 1. The van der Waals surface area contributed by atoms with E-state index in [0.717, 1.165) is 31.4 Å². The van der Waals surface area contributed by atoms with Crippen molar-refractivity contribution in [1.29, 1.82) is 0 Å². The molecule has 0 radical (unpaired) electrons. The number of pyridine rings is 1. The van der Waals surface area contributed by atoms with Crippen molar-refractivity contribution in [3.63, 3.8) is 0 Å². The molecule has 0 unspecified atom stereocenters. The number of hydrogen-bond acceptors (Lipinski definition) is 5. The van der Waals surface area contributed by atoms with Gasteiger partial charge in [0.05, 0.1) is 6.04 Å². The summed E-state index contributed by atoms with van der Waals surface area (Å²) >= 11 is 1.21. The topological polar surface area (TPSA) is 71.0 Å². The first-order chi connectivity index (χ1) is 10.2. The molecule has 0 bridgehead atoms. The van der Waals surface area contributed by atoms with Crippen LogP contribution in [0.1, 0.15) is 36.7 Å². The molecule has 110 valence electrons. The number of aromatic nitrogens is 3. The van der Waals surface area contributed by atoms with Crippen molar-refractivity contribution in [2.45, 2.75) is 32.2 Å². The van der Waals surface area contributed by atoms with Crippen molar-refractivity contribution in [2.75, 3.05) is 11.9 Å². The molecule has 3 heterocycles. The van der Waals surface area contributed by atoms with E-state index in [-0.39, 0.29) is 12.1 Å². The standard InChI is InChI=1S/C14H17N5OS/c1-10-16-13(21-18-10)17-14(20)19-8-3-2-6-12(19)11-5-4-7-15-9-11/h4-5,7,9,12H,2-3,6,8H2,1H3,(H,16,17,18,20)/t12-/m0/s1. The van der Waals surface area contributed by atoms with Crippen molar-refractivity contribution in [3.8, 4) is 0 Å². The molecule has 1 aliphatic heterocycles. The van der Waals surface area contributed by atoms with Gasteiger partial charge in [0.15, 0.2) is 0 Å². The second-order valence-electron chi connectivity index (χ2n) is 5.07. The highest BCUT2D eigenvalue weighted by Crippen LogP contribution is 2.31. The lowest BCUT2D eigenvalue weighted by molar-refractivity contribution is 0.163. The Kier molecular flexibility index (Phi) is 4.10. The average molecular weight is 303 g/mol. The maximum atomic E-state index is 12.5. The summed E-state index contributed by atoms with van der Waals surface area (Å²) in [4.78, 5) is 22.7. The van der Waals surface area contributed by atoms with Crippen molar-refractivity contribution in [3.05, 3.63) is 35.9 Å². The third-order valence-electron chi connectivity index (χ3n) is 3.57. The molecule has 1 atom stereocenters. The van der Waals surface area contributed by atoms with Crippen LogP contribution in [0.3, 0.4) is 0 Å². The van der Waals surface area contributed by atoms with Gasteiger partial charge in [0.25, 0.3) is 0 Å². The largest absolute Gasteiger partial charge is 0.324 e. The quantitative estimate of drug-likeness (QED) is 0.925. The van der Waals surface area contributed by atoms with Crippen LogP contribution >= 0.6 is 11.5 Å². The number of rotatable bonds is 2. The van der Waals surface area contributed by atoms with Gasteiger partial charge in [0.2, 0.25) is 5.13 Å². The Morgan fingerprint density at radius 2 is 2.38 bits per heavy atom. The Labute approximate surface area is 127 Å². The average Bonchev–Trinajstić information content (AvgIpc) is 2.93. The molecule has 2 aromatic heterocycles. The fraction of sp³-hybridized carbons (Fsp3) is 0.429. The van der Waals surface area contributed by atoms with Gasteiger partial charge in [0.1, 0.15) is 5.82 Å². The van der Waals surface area contributed by atoms with E-state index in [9.17, 15) is 4.79 Å². The molecule has 1 aliphatic rings. The minimum Gasteiger partial charge on any atom is -0.317 e. The molecule has 2 amide bonds. The molecule has 0 spiro atoms. The molecular weight excluding hydrogens is 286 g/mol. The lowest BCUT2D eigenvalue weighted by Crippen LogP contribution is -2.41. The number of carbonyl (C=O) groups is 1. The molecular formula is C14H17N5OS. The predicted molar refractivity (Wildman–Crippen MR) is 81.2 cm³/mol. The molecule has 3 rings (SSSR count). The summed E-state index contributed by atoms with van der Waals surface area (Å²) in [7, 11) is 0. The summed E-state index contributed by atoms with van der Waals surface area (Å²) in [6.07, 6.45) is 6.71. The van der Waals surface area contributed by atoms with Gasteiger partial charge < -0.3 is 4.90 Å². The summed E-state index contributed by atoms with van der Waals surface area (Å²) in [5.74, 6) is 0.678. The number of nitrogens with one attached hydrogen (secondary N) is 1. The fourth-order valence-corrected chi connectivity index (χ4v) is 3.17. The molecule has 21 heavy (non-hydrogen) atoms. The Morgan fingerprint density at radius 1 is 1.48 bits per heavy atom. The number of hydrogen-bond donors (Lipinski definition) is 1. The minimum atomic E-state index is -0.111. The van der Waals surface area contributed by atoms with Gasteiger partial charge in [-0.3, -0.25) is 10.3 Å². The zero-order chi connectivity index (χ0) is 14.7. The van der Waals surface area contributed by atoms with Crippen LogP contribution in [-0.2, 0) is 0 Å². The molecule has 1 fully saturated rings. The van der Waals surface area contributed by atoms with Crippen LogP contribution in [-0.4, -0.2) is 31.8 Å². The van der Waals surface area contributed by atoms with E-state index in [4.69, 9.17) is 0 Å². The number of piperidine rings is 1. The normalized spacial score (nSPS) is 18.5. The first-order valence-electron chi connectivity index (χ1n) is 7.02. The van der Waals surface area contributed by atoms with Crippen LogP contribution < -0.4 is 5.32 Å². The highest BCUT2D eigenvalue weighted by Gasteiger charge is 2.28. The zero-order valence-corrected chi connectivity index (χ0v) is 12.6. The molecule has 1 saturated heterocycles. The molecule has 7 heteroatoms. The number of aryl methyl sites for hydroxylation is 1. The summed E-state index contributed by atoms with van der Waals surface area (Å²) < 4.78 is 4.08. The van der Waals surface area contributed by atoms with Crippen LogP contribution in [0.2, 0.25) is 0 Å². The zero-order valence-electron chi connectivity index (χ0n) is 11.8. The lowest BCUT2D eigenvalue weighted by atomic mass is 9.97. The summed E-state index contributed by atoms with van der Waals surface area (Å²) in [6.45, 7) is 2.56. The van der Waals surface area contributed by atoms with Crippen LogP contribution in [0.15, 0.2) is 24.5 Å². The van der Waals surface area contributed by atoms with Gasteiger partial charge in [-0.25, -0.2) is 9.78 Å². The van der Waals surface area contributed by atoms with Crippen LogP contribution in [0.5, 0.6) is 0 Å². The van der Waals surface area contributed by atoms with Gasteiger partial charge in [0, 0.05) is 30.5 Å². The summed E-state index contributed by atoms with van der Waals surface area (Å²) in [5, 5.41) is 3.39. The third-order valence-corrected chi connectivity index (χ3v) is 4.30. The van der Waals surface area contributed by atoms with E-state index in [2.05, 4.69) is 19.7 Å². The first kappa shape index (κ1) is 13.9. The number of likely N-dealkylation sites (tertiary alicyclic amines) is 1. The molecule has 1 N–H and O–H groups in total. The van der Waals surface area contributed by atoms with Gasteiger partial charge in [-0.05, 0) is 37.8 Å². The van der Waals surface area contributed by atoms with Crippen molar-refractivity contribution in [2.24, 2.45) is 0 Å². The molecule has 6 nitrogen and oxygen atoms in total. The van der Waals surface area contributed by atoms with Gasteiger partial charge in [-0.15, -0.1) is 0 Å². The van der Waals surface area contributed by atoms with Gasteiger partial charge >= 0.3 is 6.03 Å². The van der Waals surface area contributed by atoms with E-state index in [1.807, 2.05) is 30.2 Å². The Hall–Kier alpha value is -2.02. The number of urea groups is 1. The van der Waals surface area contributed by atoms with Crippen molar-refractivity contribution >= 4 is 22.7 Å². The Balaban J connectivity index is 1.76. The summed E-state index contributed by atoms with van der Waals surface area (Å²) in [6, 6.07) is 3.91. The van der Waals surface area contributed by atoms with Crippen LogP contribution in [0, 0.1) is 6.92 Å². The maximum absolute atomic E-state index is 12.5. The predicted octanol–water partition coefficient (Wildman–Crippen LogP) is 3.00. The number of nitrogens with zero attached hydrogens (tertiary/aromatic N) is 4. The van der Waals surface area contributed by atoms with Crippen molar-refractivity contribution < 1.29 is 4.79 Å². The van der Waals surface area contributed by atoms with Gasteiger partial charge in [-0.1, -0.05) is 6.07 Å². The van der Waals surface area contributed by atoms with E-state index >= 15 is 0 Å². The van der Waals surface area contributed by atoms with E-state index in [1.165, 1.54) is 11.5 Å². The second-order valence-corrected chi connectivity index (χ2v) is 5.82. The van der Waals surface area contributed by atoms with E-state index in [1.54, 1.807) is 6.20 Å². The molecule has 2 aromatic rings. The SMILES string of the molecule is Cc1nsc(NC(=O)N2CCCC[C@H]2c2cccnc2)n1. The smallest absolute Gasteiger partial charge is 0.317 e. The highest BCUT2D eigenvalue weighted by atomic mass is 32.1. The molecule has 0 aromatic carbocycles. The van der Waals surface area contributed by atoms with Gasteiger partial charge in [-0.2, -0.15) is 4.37 Å². The molecule has 0 saturated carbocycles. The first-order valence-corrected chi connectivity index (χ1v) is 7.79. The Morgan fingerprint density at radius 3 is 3.10 bits per heavy atom. The summed E-state index contributed by atoms with van der Waals surface area (Å²) in [5.41, 5.74) is 1.08. The molecule has 0 aliphatic carbocycles. The number of amides is 2. The van der Waals surface area contributed by atoms with E-state index < -0.39 is 0 Å². The van der Waals surface area contributed by atoms with E-state index in [0.29, 0.717) is 11.0 Å². The highest BCUT2D eigenvalue weighted by molar-refractivity contribution is 7.09.